The number of thiol groups is 1. The first-order valence-electron chi connectivity index (χ1n) is 9.63. The van der Waals surface area contributed by atoms with Gasteiger partial charge in [-0.25, -0.2) is 10.2 Å². The van der Waals surface area contributed by atoms with Gasteiger partial charge < -0.3 is 5.11 Å². The fraction of sp³-hybridized carbons (Fsp3) is 0.571. The highest BCUT2D eigenvalue weighted by Gasteiger charge is 2.29. The normalized spacial score (nSPS) is 16.3. The number of benzene rings is 1. The second kappa shape index (κ2) is 8.55. The SMILES string of the molecule is CC(C)(S)CC(=O)N/N=C1/CCCCc2cc(N(C(=O)O)C(C)(C)C)ccc21. The molecule has 7 heteroatoms. The van der Waals surface area contributed by atoms with Crippen molar-refractivity contribution in [1.29, 1.82) is 0 Å². The molecule has 0 radical (unpaired) electrons. The third-order valence-electron chi connectivity index (χ3n) is 4.54. The van der Waals surface area contributed by atoms with Gasteiger partial charge >= 0.3 is 6.09 Å². The first-order valence-corrected chi connectivity index (χ1v) is 10.1. The molecular formula is C21H31N3O3S. The summed E-state index contributed by atoms with van der Waals surface area (Å²) in [6.07, 6.45) is 2.90. The molecule has 0 fully saturated rings. The third kappa shape index (κ3) is 5.99. The van der Waals surface area contributed by atoms with Crippen LogP contribution in [0.5, 0.6) is 0 Å². The quantitative estimate of drug-likeness (QED) is 0.388. The lowest BCUT2D eigenvalue weighted by Gasteiger charge is -2.33. The van der Waals surface area contributed by atoms with Crippen LogP contribution in [0.4, 0.5) is 10.5 Å². The maximum Gasteiger partial charge on any atom is 0.412 e. The van der Waals surface area contributed by atoms with Crippen molar-refractivity contribution in [3.05, 3.63) is 29.3 Å². The van der Waals surface area contributed by atoms with Gasteiger partial charge in [-0.2, -0.15) is 17.7 Å². The molecule has 28 heavy (non-hydrogen) atoms. The molecule has 0 saturated carbocycles. The van der Waals surface area contributed by atoms with E-state index in [2.05, 4.69) is 23.2 Å². The number of hydrazone groups is 1. The number of hydrogen-bond acceptors (Lipinski definition) is 4. The van der Waals surface area contributed by atoms with Crippen LogP contribution in [0.3, 0.4) is 0 Å². The molecule has 0 aromatic heterocycles. The minimum absolute atomic E-state index is 0.167. The molecule has 1 aliphatic rings. The molecule has 0 atom stereocenters. The van der Waals surface area contributed by atoms with Crippen molar-refractivity contribution in [3.63, 3.8) is 0 Å². The van der Waals surface area contributed by atoms with Gasteiger partial charge in [-0.15, -0.1) is 0 Å². The molecule has 6 nitrogen and oxygen atoms in total. The Balaban J connectivity index is 2.33. The van der Waals surface area contributed by atoms with Crippen molar-refractivity contribution in [2.75, 3.05) is 4.90 Å². The van der Waals surface area contributed by atoms with Crippen LogP contribution in [0.2, 0.25) is 0 Å². The molecule has 154 valence electrons. The van der Waals surface area contributed by atoms with Gasteiger partial charge in [0.25, 0.3) is 0 Å². The summed E-state index contributed by atoms with van der Waals surface area (Å²) in [6.45, 7) is 9.39. The summed E-state index contributed by atoms with van der Waals surface area (Å²) in [7, 11) is 0. The Hall–Kier alpha value is -2.02. The van der Waals surface area contributed by atoms with Crippen LogP contribution < -0.4 is 10.3 Å². The number of carboxylic acid groups (broad SMARTS) is 1. The molecule has 2 N–H and O–H groups in total. The molecule has 1 aromatic carbocycles. The topological polar surface area (TPSA) is 82.0 Å². The van der Waals surface area contributed by atoms with Crippen LogP contribution in [0.1, 0.15) is 71.4 Å². The van der Waals surface area contributed by atoms with E-state index in [0.29, 0.717) is 5.69 Å². The predicted molar refractivity (Wildman–Crippen MR) is 117 cm³/mol. The van der Waals surface area contributed by atoms with Crippen molar-refractivity contribution in [3.8, 4) is 0 Å². The van der Waals surface area contributed by atoms with Gasteiger partial charge in [-0.05, 0) is 64.2 Å². The third-order valence-corrected chi connectivity index (χ3v) is 4.70. The summed E-state index contributed by atoms with van der Waals surface area (Å²) in [5.41, 5.74) is 5.64. The number of hydrogen-bond donors (Lipinski definition) is 3. The lowest BCUT2D eigenvalue weighted by molar-refractivity contribution is -0.121. The maximum atomic E-state index is 12.1. The molecule has 0 spiro atoms. The fourth-order valence-electron chi connectivity index (χ4n) is 3.41. The molecule has 0 saturated heterocycles. The molecule has 1 aromatic rings. The molecule has 0 heterocycles. The molecule has 0 bridgehead atoms. The number of nitrogens with one attached hydrogen (secondary N) is 1. The van der Waals surface area contributed by atoms with Crippen LogP contribution in [0.25, 0.3) is 0 Å². The lowest BCUT2D eigenvalue weighted by Crippen LogP contribution is -2.45. The summed E-state index contributed by atoms with van der Waals surface area (Å²) >= 11 is 4.38. The van der Waals surface area contributed by atoms with E-state index >= 15 is 0 Å². The Kier molecular flexibility index (Phi) is 6.80. The number of amides is 2. The van der Waals surface area contributed by atoms with Gasteiger partial charge in [0.1, 0.15) is 0 Å². The number of anilines is 1. The first kappa shape index (κ1) is 22.3. The van der Waals surface area contributed by atoms with Crippen LogP contribution >= 0.6 is 12.6 Å². The van der Waals surface area contributed by atoms with E-state index in [-0.39, 0.29) is 12.3 Å². The second-order valence-electron chi connectivity index (χ2n) is 8.92. The minimum Gasteiger partial charge on any atom is -0.465 e. The van der Waals surface area contributed by atoms with E-state index in [9.17, 15) is 14.7 Å². The number of nitrogens with zero attached hydrogens (tertiary/aromatic N) is 2. The monoisotopic (exact) mass is 405 g/mol. The molecule has 0 unspecified atom stereocenters. The summed E-state index contributed by atoms with van der Waals surface area (Å²) < 4.78 is -0.395. The van der Waals surface area contributed by atoms with Crippen LogP contribution in [-0.2, 0) is 11.2 Å². The Labute approximate surface area is 172 Å². The van der Waals surface area contributed by atoms with E-state index in [4.69, 9.17) is 0 Å². The Morgan fingerprint density at radius 2 is 1.82 bits per heavy atom. The highest BCUT2D eigenvalue weighted by Crippen LogP contribution is 2.30. The van der Waals surface area contributed by atoms with Crippen LogP contribution in [-0.4, -0.2) is 33.1 Å². The van der Waals surface area contributed by atoms with E-state index in [0.717, 1.165) is 42.5 Å². The van der Waals surface area contributed by atoms with Gasteiger partial charge in [-0.1, -0.05) is 19.9 Å². The zero-order valence-electron chi connectivity index (χ0n) is 17.4. The van der Waals surface area contributed by atoms with E-state index in [1.54, 1.807) is 0 Å². The smallest absolute Gasteiger partial charge is 0.412 e. The Morgan fingerprint density at radius 3 is 2.39 bits per heavy atom. The summed E-state index contributed by atoms with van der Waals surface area (Å²) in [5.74, 6) is -0.167. The first-order chi connectivity index (χ1) is 12.9. The Bertz CT molecular complexity index is 776. The minimum atomic E-state index is -0.975. The fourth-order valence-corrected chi connectivity index (χ4v) is 3.56. The molecule has 2 amide bonds. The maximum absolute atomic E-state index is 12.1. The molecule has 0 aliphatic heterocycles. The summed E-state index contributed by atoms with van der Waals surface area (Å²) in [6, 6.07) is 5.68. The number of aryl methyl sites for hydroxylation is 1. The average Bonchev–Trinajstić information content (AvgIpc) is 2.71. The van der Waals surface area contributed by atoms with Gasteiger partial charge in [0, 0.05) is 28.0 Å². The van der Waals surface area contributed by atoms with Crippen molar-refractivity contribution in [1.82, 2.24) is 5.43 Å². The molecular weight excluding hydrogens is 374 g/mol. The van der Waals surface area contributed by atoms with E-state index in [1.165, 1.54) is 4.90 Å². The molecule has 1 aliphatic carbocycles. The second-order valence-corrected chi connectivity index (χ2v) is 10.1. The van der Waals surface area contributed by atoms with Gasteiger partial charge in [0.2, 0.25) is 5.91 Å². The highest BCUT2D eigenvalue weighted by atomic mass is 32.1. The van der Waals surface area contributed by atoms with Gasteiger partial charge in [-0.3, -0.25) is 9.69 Å². The summed E-state index contributed by atoms with van der Waals surface area (Å²) in [5, 5.41) is 14.0. The van der Waals surface area contributed by atoms with E-state index < -0.39 is 16.4 Å². The van der Waals surface area contributed by atoms with Crippen molar-refractivity contribution in [2.24, 2.45) is 5.10 Å². The number of rotatable bonds is 4. The van der Waals surface area contributed by atoms with Crippen molar-refractivity contribution >= 4 is 36.0 Å². The lowest BCUT2D eigenvalue weighted by atomic mass is 9.98. The number of carbonyl (C=O) groups is 2. The van der Waals surface area contributed by atoms with E-state index in [1.807, 2.05) is 52.8 Å². The van der Waals surface area contributed by atoms with Gasteiger partial charge in [0.05, 0.1) is 5.71 Å². The molecule has 2 rings (SSSR count). The van der Waals surface area contributed by atoms with Gasteiger partial charge in [0.15, 0.2) is 0 Å². The Morgan fingerprint density at radius 1 is 1.18 bits per heavy atom. The standard InChI is InChI=1S/C21H31N3O3S/c1-20(2,3)24(19(26)27)15-10-11-16-14(12-15)8-6-7-9-17(16)22-23-18(25)13-21(4,5)28/h10-12,28H,6-9,13H2,1-5H3,(H,23,25)(H,26,27)/b22-17-. The highest BCUT2D eigenvalue weighted by molar-refractivity contribution is 7.81. The zero-order valence-corrected chi connectivity index (χ0v) is 18.3. The number of fused-ring (bicyclic) bond motifs is 1. The van der Waals surface area contributed by atoms with Crippen LogP contribution in [0, 0.1) is 0 Å². The zero-order chi connectivity index (χ0) is 21.1. The van der Waals surface area contributed by atoms with Crippen molar-refractivity contribution in [2.45, 2.75) is 77.0 Å². The average molecular weight is 406 g/mol. The number of carbonyl (C=O) groups excluding carboxylic acids is 1. The van der Waals surface area contributed by atoms with Crippen molar-refractivity contribution < 1.29 is 14.7 Å². The van der Waals surface area contributed by atoms with Crippen LogP contribution in [0.15, 0.2) is 23.3 Å². The largest absolute Gasteiger partial charge is 0.465 e. The predicted octanol–water partition coefficient (Wildman–Crippen LogP) is 4.61. The summed E-state index contributed by atoms with van der Waals surface area (Å²) in [4.78, 5) is 25.3.